The molecule has 0 saturated carbocycles. The molecule has 2 rings (SSSR count). The van der Waals surface area contributed by atoms with Crippen molar-refractivity contribution in [3.63, 3.8) is 0 Å². The van der Waals surface area contributed by atoms with Crippen LogP contribution in [0.1, 0.15) is 0 Å². The summed E-state index contributed by atoms with van der Waals surface area (Å²) in [6.45, 7) is 0. The molecule has 2 N–H and O–H groups in total. The van der Waals surface area contributed by atoms with Crippen molar-refractivity contribution in [1.82, 2.24) is 15.0 Å². The van der Waals surface area contributed by atoms with Crippen LogP contribution in [0.25, 0.3) is 11.4 Å². The number of ether oxygens (including phenoxy) is 1. The molecule has 0 amide bonds. The monoisotopic (exact) mass is 293 g/mol. The molecule has 0 aliphatic heterocycles. The van der Waals surface area contributed by atoms with Gasteiger partial charge in [0.15, 0.2) is 16.7 Å². The minimum absolute atomic E-state index is 0.0674. The lowest BCUT2D eigenvalue weighted by Crippen LogP contribution is -2.02. The third-order valence-corrected chi connectivity index (χ3v) is 3.00. The molecular formula is C11H11N5O3S. The maximum atomic E-state index is 11.0. The second-order valence-corrected chi connectivity index (χ2v) is 4.42. The van der Waals surface area contributed by atoms with Crippen LogP contribution in [0.2, 0.25) is 0 Å². The van der Waals surface area contributed by atoms with Crippen LogP contribution in [-0.4, -0.2) is 33.2 Å². The topological polar surface area (TPSA) is 117 Å². The Kier molecular flexibility index (Phi) is 3.99. The van der Waals surface area contributed by atoms with E-state index in [1.54, 1.807) is 12.3 Å². The Hall–Kier alpha value is -2.42. The molecule has 9 heteroatoms. The third kappa shape index (κ3) is 2.77. The summed E-state index contributed by atoms with van der Waals surface area (Å²) in [5.41, 5.74) is 5.91. The van der Waals surface area contributed by atoms with Gasteiger partial charge in [-0.05, 0) is 18.4 Å². The summed E-state index contributed by atoms with van der Waals surface area (Å²) in [6, 6.07) is 4.47. The van der Waals surface area contributed by atoms with E-state index in [2.05, 4.69) is 15.0 Å². The van der Waals surface area contributed by atoms with Gasteiger partial charge in [-0.3, -0.25) is 10.1 Å². The Morgan fingerprint density at radius 1 is 1.35 bits per heavy atom. The van der Waals surface area contributed by atoms with Crippen molar-refractivity contribution in [2.24, 2.45) is 0 Å². The zero-order valence-corrected chi connectivity index (χ0v) is 11.5. The van der Waals surface area contributed by atoms with E-state index in [1.807, 2.05) is 0 Å². The molecular weight excluding hydrogens is 282 g/mol. The first-order valence-corrected chi connectivity index (χ1v) is 6.66. The number of nitrogens with two attached hydrogens (primary N) is 1. The van der Waals surface area contributed by atoms with Gasteiger partial charge < -0.3 is 10.5 Å². The highest BCUT2D eigenvalue weighted by atomic mass is 32.2. The average molecular weight is 293 g/mol. The van der Waals surface area contributed by atoms with Crippen LogP contribution in [0.15, 0.2) is 23.4 Å². The van der Waals surface area contributed by atoms with Gasteiger partial charge in [0.1, 0.15) is 0 Å². The predicted molar refractivity (Wildman–Crippen MR) is 74.7 cm³/mol. The molecule has 0 spiro atoms. The Balaban J connectivity index is 2.55. The number of aromatic nitrogens is 3. The zero-order valence-electron chi connectivity index (χ0n) is 10.7. The van der Waals surface area contributed by atoms with Crippen LogP contribution >= 0.6 is 11.8 Å². The van der Waals surface area contributed by atoms with Crippen LogP contribution in [0.5, 0.6) is 5.75 Å². The molecule has 0 radical (unpaired) electrons. The van der Waals surface area contributed by atoms with Crippen LogP contribution in [0.3, 0.4) is 0 Å². The molecule has 2 aromatic rings. The Labute approximate surface area is 118 Å². The highest BCUT2D eigenvalue weighted by molar-refractivity contribution is 7.98. The lowest BCUT2D eigenvalue weighted by molar-refractivity contribution is -0.385. The van der Waals surface area contributed by atoms with Gasteiger partial charge in [-0.1, -0.05) is 11.8 Å². The normalized spacial score (nSPS) is 10.3. The lowest BCUT2D eigenvalue weighted by atomic mass is 10.2. The fraction of sp³-hybridized carbons (Fsp3) is 0.182. The fourth-order valence-corrected chi connectivity index (χ4v) is 1.93. The van der Waals surface area contributed by atoms with E-state index in [0.717, 1.165) is 0 Å². The molecule has 0 bridgehead atoms. The number of thioether (sulfide) groups is 1. The van der Waals surface area contributed by atoms with E-state index in [4.69, 9.17) is 10.5 Å². The summed E-state index contributed by atoms with van der Waals surface area (Å²) in [5.74, 6) is 0.524. The highest BCUT2D eigenvalue weighted by Crippen LogP contribution is 2.31. The number of nitrogen functional groups attached to an aromatic ring is 1. The number of hydrogen-bond acceptors (Lipinski definition) is 8. The van der Waals surface area contributed by atoms with Gasteiger partial charge in [-0.15, -0.1) is 0 Å². The van der Waals surface area contributed by atoms with E-state index in [-0.39, 0.29) is 23.2 Å². The van der Waals surface area contributed by atoms with E-state index in [1.165, 1.54) is 31.0 Å². The van der Waals surface area contributed by atoms with Crippen LogP contribution in [0.4, 0.5) is 11.6 Å². The number of benzene rings is 1. The molecule has 104 valence electrons. The first kappa shape index (κ1) is 14.0. The largest absolute Gasteiger partial charge is 0.490 e. The van der Waals surface area contributed by atoms with Gasteiger partial charge in [0.25, 0.3) is 0 Å². The SMILES string of the molecule is COc1ccc(-c2nc(N)nc(SC)n2)cc1[N+](=O)[O-]. The van der Waals surface area contributed by atoms with Crippen molar-refractivity contribution in [3.05, 3.63) is 28.3 Å². The molecule has 1 aromatic carbocycles. The van der Waals surface area contributed by atoms with Gasteiger partial charge in [-0.2, -0.15) is 9.97 Å². The third-order valence-electron chi connectivity index (χ3n) is 2.45. The second-order valence-electron chi connectivity index (χ2n) is 3.65. The minimum atomic E-state index is -0.525. The number of nitro groups is 1. The molecule has 0 saturated heterocycles. The number of methoxy groups -OCH3 is 1. The molecule has 0 fully saturated rings. The van der Waals surface area contributed by atoms with Crippen molar-refractivity contribution >= 4 is 23.4 Å². The summed E-state index contributed by atoms with van der Waals surface area (Å²) in [7, 11) is 1.37. The molecule has 0 aliphatic carbocycles. The first-order chi connectivity index (χ1) is 9.55. The number of hydrogen-bond donors (Lipinski definition) is 1. The molecule has 8 nitrogen and oxygen atoms in total. The fourth-order valence-electron chi connectivity index (χ4n) is 1.56. The quantitative estimate of drug-likeness (QED) is 0.514. The van der Waals surface area contributed by atoms with Crippen LogP contribution < -0.4 is 10.5 Å². The van der Waals surface area contributed by atoms with Gasteiger partial charge in [0, 0.05) is 11.6 Å². The molecule has 0 atom stereocenters. The maximum Gasteiger partial charge on any atom is 0.311 e. The summed E-state index contributed by atoms with van der Waals surface area (Å²) < 4.78 is 4.94. The van der Waals surface area contributed by atoms with Gasteiger partial charge >= 0.3 is 5.69 Å². The lowest BCUT2D eigenvalue weighted by Gasteiger charge is -2.05. The Morgan fingerprint density at radius 2 is 2.10 bits per heavy atom. The summed E-state index contributed by atoms with van der Waals surface area (Å²) in [5, 5.41) is 11.4. The van der Waals surface area contributed by atoms with Crippen molar-refractivity contribution in [1.29, 1.82) is 0 Å². The average Bonchev–Trinajstić information content (AvgIpc) is 2.45. The van der Waals surface area contributed by atoms with Gasteiger partial charge in [-0.25, -0.2) is 4.98 Å². The molecule has 1 aromatic heterocycles. The van der Waals surface area contributed by atoms with Gasteiger partial charge in [0.05, 0.1) is 12.0 Å². The maximum absolute atomic E-state index is 11.0. The Morgan fingerprint density at radius 3 is 2.70 bits per heavy atom. The van der Waals surface area contributed by atoms with Crippen molar-refractivity contribution in [2.75, 3.05) is 19.1 Å². The number of anilines is 1. The van der Waals surface area contributed by atoms with Gasteiger partial charge in [0.2, 0.25) is 5.95 Å². The van der Waals surface area contributed by atoms with Crippen LogP contribution in [0, 0.1) is 10.1 Å². The van der Waals surface area contributed by atoms with E-state index < -0.39 is 4.92 Å². The first-order valence-electron chi connectivity index (χ1n) is 5.43. The number of nitrogens with zero attached hydrogens (tertiary/aromatic N) is 4. The summed E-state index contributed by atoms with van der Waals surface area (Å²) >= 11 is 1.31. The second kappa shape index (κ2) is 5.70. The van der Waals surface area contributed by atoms with Crippen molar-refractivity contribution in [3.8, 4) is 17.1 Å². The summed E-state index contributed by atoms with van der Waals surface area (Å²) in [4.78, 5) is 22.6. The van der Waals surface area contributed by atoms with E-state index in [0.29, 0.717) is 10.7 Å². The summed E-state index contributed by atoms with van der Waals surface area (Å²) in [6.07, 6.45) is 1.80. The van der Waals surface area contributed by atoms with Crippen molar-refractivity contribution < 1.29 is 9.66 Å². The number of nitro benzene ring substituents is 1. The predicted octanol–water partition coefficient (Wildman–Crippen LogP) is 1.76. The molecule has 1 heterocycles. The Bertz CT molecular complexity index is 665. The van der Waals surface area contributed by atoms with E-state index >= 15 is 0 Å². The van der Waals surface area contributed by atoms with Crippen molar-refractivity contribution in [2.45, 2.75) is 5.16 Å². The highest BCUT2D eigenvalue weighted by Gasteiger charge is 2.17. The number of rotatable bonds is 4. The smallest absolute Gasteiger partial charge is 0.311 e. The molecule has 0 unspecified atom stereocenters. The van der Waals surface area contributed by atoms with E-state index in [9.17, 15) is 10.1 Å². The molecule has 0 aliphatic rings. The molecule has 20 heavy (non-hydrogen) atoms. The standard InChI is InChI=1S/C11H11N5O3S/c1-19-8-4-3-6(5-7(8)16(17)18)9-13-10(12)15-11(14-9)20-2/h3-5H,1-2H3,(H2,12,13,14,15). The van der Waals surface area contributed by atoms with Crippen LogP contribution in [-0.2, 0) is 0 Å². The minimum Gasteiger partial charge on any atom is -0.490 e. The zero-order chi connectivity index (χ0) is 14.7.